The van der Waals surface area contributed by atoms with Gasteiger partial charge in [-0.15, -0.1) is 0 Å². The summed E-state index contributed by atoms with van der Waals surface area (Å²) in [5, 5.41) is 13.1. The molecule has 4 atom stereocenters. The SMILES string of the molecule is CCCCC[C@H](CC(=O)NO)C(=O)N1NCCC[C@@H]1C(=O)N[C@H](C(=O)CC)[C@@H](C)CC. The van der Waals surface area contributed by atoms with E-state index in [4.69, 9.17) is 5.21 Å². The second-order valence-electron chi connectivity index (χ2n) is 8.40. The molecular weight excluding hydrogens is 400 g/mol. The van der Waals surface area contributed by atoms with Crippen LogP contribution in [-0.2, 0) is 19.2 Å². The minimum atomic E-state index is -0.747. The van der Waals surface area contributed by atoms with Crippen LogP contribution in [0.15, 0.2) is 0 Å². The number of rotatable bonds is 13. The van der Waals surface area contributed by atoms with Crippen LogP contribution in [0.1, 0.15) is 85.5 Å². The normalized spacial score (nSPS) is 19.3. The van der Waals surface area contributed by atoms with Crippen molar-refractivity contribution in [2.45, 2.75) is 97.6 Å². The van der Waals surface area contributed by atoms with Crippen molar-refractivity contribution in [1.29, 1.82) is 0 Å². The van der Waals surface area contributed by atoms with Crippen molar-refractivity contribution in [1.82, 2.24) is 21.2 Å². The summed E-state index contributed by atoms with van der Waals surface area (Å²) in [5.41, 5.74) is 4.61. The van der Waals surface area contributed by atoms with Gasteiger partial charge in [-0.3, -0.25) is 29.4 Å². The lowest BCUT2D eigenvalue weighted by Gasteiger charge is -2.38. The second kappa shape index (κ2) is 14.1. The zero-order valence-electron chi connectivity index (χ0n) is 19.4. The fourth-order valence-corrected chi connectivity index (χ4v) is 3.88. The third-order valence-electron chi connectivity index (χ3n) is 6.06. The summed E-state index contributed by atoms with van der Waals surface area (Å²) in [6, 6.07) is -1.33. The molecule has 4 N–H and O–H groups in total. The fourth-order valence-electron chi connectivity index (χ4n) is 3.88. The molecule has 178 valence electrons. The summed E-state index contributed by atoms with van der Waals surface area (Å²) in [6.07, 6.45) is 5.30. The number of amides is 3. The topological polar surface area (TPSA) is 128 Å². The summed E-state index contributed by atoms with van der Waals surface area (Å²) < 4.78 is 0. The molecule has 0 unspecified atom stereocenters. The Hall–Kier alpha value is -2.00. The van der Waals surface area contributed by atoms with Crippen LogP contribution in [-0.4, -0.2) is 52.3 Å². The third-order valence-corrected chi connectivity index (χ3v) is 6.06. The summed E-state index contributed by atoms with van der Waals surface area (Å²) >= 11 is 0. The molecule has 31 heavy (non-hydrogen) atoms. The molecule has 0 aromatic heterocycles. The number of ketones is 1. The number of hydrogen-bond donors (Lipinski definition) is 4. The molecule has 1 aliphatic heterocycles. The molecule has 1 aliphatic rings. The first-order valence-electron chi connectivity index (χ1n) is 11.6. The maximum Gasteiger partial charge on any atom is 0.245 e. The maximum absolute atomic E-state index is 13.3. The zero-order valence-corrected chi connectivity index (χ0v) is 19.4. The van der Waals surface area contributed by atoms with Crippen LogP contribution in [0.3, 0.4) is 0 Å². The van der Waals surface area contributed by atoms with Crippen LogP contribution in [0.5, 0.6) is 0 Å². The number of Topliss-reactive ketones (excluding diaryl/α,β-unsaturated/α-hetero) is 1. The number of unbranched alkanes of at least 4 members (excludes halogenated alkanes) is 2. The van der Waals surface area contributed by atoms with E-state index < -0.39 is 23.9 Å². The Morgan fingerprint density at radius 1 is 1.16 bits per heavy atom. The van der Waals surface area contributed by atoms with Crippen molar-refractivity contribution in [2.75, 3.05) is 6.54 Å². The second-order valence-corrected chi connectivity index (χ2v) is 8.40. The van der Waals surface area contributed by atoms with Gasteiger partial charge in [0.15, 0.2) is 5.78 Å². The first-order chi connectivity index (χ1) is 14.8. The summed E-state index contributed by atoms with van der Waals surface area (Å²) in [4.78, 5) is 50.5. The molecule has 9 nitrogen and oxygen atoms in total. The first kappa shape index (κ1) is 27.0. The first-order valence-corrected chi connectivity index (χ1v) is 11.6. The summed E-state index contributed by atoms with van der Waals surface area (Å²) in [7, 11) is 0. The van der Waals surface area contributed by atoms with E-state index in [-0.39, 0.29) is 29.9 Å². The fraction of sp³-hybridized carbons (Fsp3) is 0.818. The van der Waals surface area contributed by atoms with E-state index in [0.717, 1.165) is 32.1 Å². The van der Waals surface area contributed by atoms with E-state index >= 15 is 0 Å². The van der Waals surface area contributed by atoms with Crippen LogP contribution in [0.4, 0.5) is 0 Å². The standard InChI is InChI=1S/C22H40N4O5/c1-5-8-9-11-16(14-19(28)25-31)22(30)26-17(12-10-13-23-26)21(29)24-20(15(4)6-2)18(27)7-3/h15-17,20,23,31H,5-14H2,1-4H3,(H,24,29)(H,25,28)/t15-,16+,17+,20-/m0/s1. The highest BCUT2D eigenvalue weighted by molar-refractivity contribution is 5.93. The number of hydrogen-bond acceptors (Lipinski definition) is 6. The van der Waals surface area contributed by atoms with Gasteiger partial charge >= 0.3 is 0 Å². The molecule has 0 aliphatic carbocycles. The largest absolute Gasteiger partial charge is 0.344 e. The number of nitrogens with one attached hydrogen (secondary N) is 3. The minimum Gasteiger partial charge on any atom is -0.344 e. The molecule has 0 spiro atoms. The molecule has 0 saturated carbocycles. The molecule has 1 saturated heterocycles. The smallest absolute Gasteiger partial charge is 0.245 e. The van der Waals surface area contributed by atoms with Crippen molar-refractivity contribution >= 4 is 23.5 Å². The van der Waals surface area contributed by atoms with Crippen LogP contribution in [0, 0.1) is 11.8 Å². The maximum atomic E-state index is 13.3. The molecule has 3 amide bonds. The Kier molecular flexibility index (Phi) is 12.3. The van der Waals surface area contributed by atoms with E-state index in [1.165, 1.54) is 5.01 Å². The molecular formula is C22H40N4O5. The summed E-state index contributed by atoms with van der Waals surface area (Å²) in [6.45, 7) is 8.27. The van der Waals surface area contributed by atoms with Gasteiger partial charge in [-0.1, -0.05) is 53.4 Å². The van der Waals surface area contributed by atoms with Crippen molar-refractivity contribution in [2.24, 2.45) is 11.8 Å². The number of hydrazine groups is 1. The van der Waals surface area contributed by atoms with E-state index in [1.807, 2.05) is 13.8 Å². The predicted octanol–water partition coefficient (Wildman–Crippen LogP) is 2.08. The average molecular weight is 441 g/mol. The van der Waals surface area contributed by atoms with E-state index in [9.17, 15) is 19.2 Å². The molecule has 9 heteroatoms. The Labute approximate surface area is 185 Å². The highest BCUT2D eigenvalue weighted by Gasteiger charge is 2.38. The van der Waals surface area contributed by atoms with Crippen LogP contribution < -0.4 is 16.2 Å². The van der Waals surface area contributed by atoms with Gasteiger partial charge in [-0.05, 0) is 25.2 Å². The predicted molar refractivity (Wildman–Crippen MR) is 117 cm³/mol. The van der Waals surface area contributed by atoms with Gasteiger partial charge in [-0.25, -0.2) is 10.9 Å². The molecule has 0 aromatic rings. The Morgan fingerprint density at radius 3 is 2.45 bits per heavy atom. The molecule has 0 aromatic carbocycles. The van der Waals surface area contributed by atoms with Gasteiger partial charge in [0.1, 0.15) is 6.04 Å². The Balaban J connectivity index is 3.00. The quantitative estimate of drug-likeness (QED) is 0.197. The number of carbonyl (C=O) groups is 4. The van der Waals surface area contributed by atoms with E-state index in [1.54, 1.807) is 12.4 Å². The lowest BCUT2D eigenvalue weighted by Crippen LogP contribution is -2.62. The van der Waals surface area contributed by atoms with Crippen LogP contribution in [0.25, 0.3) is 0 Å². The van der Waals surface area contributed by atoms with Crippen molar-refractivity contribution in [3.05, 3.63) is 0 Å². The number of nitrogens with zero attached hydrogens (tertiary/aromatic N) is 1. The van der Waals surface area contributed by atoms with Gasteiger partial charge in [0, 0.05) is 25.3 Å². The molecule has 1 fully saturated rings. The minimum absolute atomic E-state index is 0.00727. The van der Waals surface area contributed by atoms with E-state index in [2.05, 4.69) is 17.7 Å². The molecule has 1 heterocycles. The monoisotopic (exact) mass is 440 g/mol. The van der Waals surface area contributed by atoms with Gasteiger partial charge in [0.05, 0.1) is 6.04 Å². The van der Waals surface area contributed by atoms with Gasteiger partial charge in [0.25, 0.3) is 0 Å². The average Bonchev–Trinajstić information content (AvgIpc) is 2.80. The highest BCUT2D eigenvalue weighted by atomic mass is 16.5. The summed E-state index contributed by atoms with van der Waals surface area (Å²) in [5.74, 6) is -1.98. The highest BCUT2D eigenvalue weighted by Crippen LogP contribution is 2.21. The molecule has 1 rings (SSSR count). The van der Waals surface area contributed by atoms with Gasteiger partial charge in [-0.2, -0.15) is 0 Å². The number of carbonyl (C=O) groups excluding carboxylic acids is 4. The van der Waals surface area contributed by atoms with Crippen LogP contribution >= 0.6 is 0 Å². The Bertz CT molecular complexity index is 613. The van der Waals surface area contributed by atoms with Gasteiger partial charge in [0.2, 0.25) is 17.7 Å². The van der Waals surface area contributed by atoms with Crippen molar-refractivity contribution in [3.8, 4) is 0 Å². The van der Waals surface area contributed by atoms with Crippen molar-refractivity contribution in [3.63, 3.8) is 0 Å². The lowest BCUT2D eigenvalue weighted by molar-refractivity contribution is -0.152. The van der Waals surface area contributed by atoms with Gasteiger partial charge < -0.3 is 5.32 Å². The lowest BCUT2D eigenvalue weighted by atomic mass is 9.93. The Morgan fingerprint density at radius 2 is 1.87 bits per heavy atom. The number of hydroxylamine groups is 1. The van der Waals surface area contributed by atoms with Crippen molar-refractivity contribution < 1.29 is 24.4 Å². The van der Waals surface area contributed by atoms with E-state index in [0.29, 0.717) is 25.8 Å². The third kappa shape index (κ3) is 8.22. The zero-order chi connectivity index (χ0) is 23.4. The molecule has 0 radical (unpaired) electrons. The molecule has 0 bridgehead atoms. The van der Waals surface area contributed by atoms with Crippen LogP contribution in [0.2, 0.25) is 0 Å².